The van der Waals surface area contributed by atoms with E-state index in [1.165, 1.54) is 42.8 Å². The van der Waals surface area contributed by atoms with Gasteiger partial charge in [0.05, 0.1) is 0 Å². The lowest BCUT2D eigenvalue weighted by atomic mass is 10.2. The van der Waals surface area contributed by atoms with Gasteiger partial charge in [0.25, 0.3) is 0 Å². The predicted octanol–water partition coefficient (Wildman–Crippen LogP) is 0.698. The van der Waals surface area contributed by atoms with Crippen molar-refractivity contribution in [1.29, 1.82) is 0 Å². The zero-order valence-electron chi connectivity index (χ0n) is 9.05. The van der Waals surface area contributed by atoms with E-state index >= 15 is 0 Å². The van der Waals surface area contributed by atoms with Crippen LogP contribution in [0.3, 0.4) is 0 Å². The summed E-state index contributed by atoms with van der Waals surface area (Å²) >= 11 is 0. The summed E-state index contributed by atoms with van der Waals surface area (Å²) in [4.78, 5) is 2.43. The van der Waals surface area contributed by atoms with E-state index in [9.17, 15) is 0 Å². The van der Waals surface area contributed by atoms with Crippen molar-refractivity contribution in [2.45, 2.75) is 25.7 Å². The maximum atomic E-state index is 4.48. The highest BCUT2D eigenvalue weighted by atomic mass is 15.3. The summed E-state index contributed by atoms with van der Waals surface area (Å²) in [6.45, 7) is 4.46. The minimum Gasteiger partial charge on any atom is -0.354 e. The van der Waals surface area contributed by atoms with E-state index in [0.29, 0.717) is 0 Å². The largest absolute Gasteiger partial charge is 0.354 e. The fraction of sp³-hybridized carbons (Fsp3) is 0.727. The van der Waals surface area contributed by atoms with Crippen LogP contribution in [0.15, 0.2) is 0 Å². The molecule has 1 saturated heterocycles. The van der Waals surface area contributed by atoms with Crippen LogP contribution >= 0.6 is 0 Å². The molecule has 0 unspecified atom stereocenters. The molecule has 1 aliphatic heterocycles. The minimum absolute atomic E-state index is 1.08. The molecule has 2 N–H and O–H groups in total. The second-order valence-electron chi connectivity index (χ2n) is 4.45. The molecule has 2 heterocycles. The quantitative estimate of drug-likeness (QED) is 0.711. The highest BCUT2D eigenvalue weighted by Gasteiger charge is 2.22. The van der Waals surface area contributed by atoms with Crippen molar-refractivity contribution in [2.24, 2.45) is 0 Å². The zero-order chi connectivity index (χ0) is 10.1. The molecule has 1 aromatic rings. The molecule has 0 spiro atoms. The first kappa shape index (κ1) is 9.21. The van der Waals surface area contributed by atoms with Crippen molar-refractivity contribution in [1.82, 2.24) is 15.5 Å². The number of rotatable bonds is 1. The van der Waals surface area contributed by atoms with E-state index in [1.807, 2.05) is 0 Å². The van der Waals surface area contributed by atoms with Crippen LogP contribution in [0.1, 0.15) is 24.1 Å². The molecule has 4 nitrogen and oxygen atoms in total. The van der Waals surface area contributed by atoms with E-state index in [1.54, 1.807) is 0 Å². The van der Waals surface area contributed by atoms with Gasteiger partial charge in [0, 0.05) is 30.9 Å². The van der Waals surface area contributed by atoms with Crippen LogP contribution in [0.4, 0.5) is 5.82 Å². The Bertz CT molecular complexity index is 336. The van der Waals surface area contributed by atoms with Crippen LogP contribution in [0.2, 0.25) is 0 Å². The number of hydrogen-bond acceptors (Lipinski definition) is 3. The molecule has 1 aliphatic carbocycles. The minimum atomic E-state index is 1.08. The predicted molar refractivity (Wildman–Crippen MR) is 60.3 cm³/mol. The van der Waals surface area contributed by atoms with Gasteiger partial charge in [-0.25, -0.2) is 0 Å². The SMILES string of the molecule is C1Cc2[nH]nc(N3CCCNCC3)c2C1. The summed E-state index contributed by atoms with van der Waals surface area (Å²) in [6.07, 6.45) is 4.92. The fourth-order valence-corrected chi connectivity index (χ4v) is 2.62. The summed E-state index contributed by atoms with van der Waals surface area (Å²) in [5.74, 6) is 1.23. The standard InChI is InChI=1S/C11H18N4/c1-3-9-10(4-1)13-14-11(9)15-7-2-5-12-6-8-15/h12H,1-8H2,(H,13,14). The smallest absolute Gasteiger partial charge is 0.153 e. The highest BCUT2D eigenvalue weighted by molar-refractivity contribution is 5.51. The van der Waals surface area contributed by atoms with Crippen molar-refractivity contribution in [3.8, 4) is 0 Å². The van der Waals surface area contributed by atoms with Crippen molar-refractivity contribution in [3.63, 3.8) is 0 Å². The Labute approximate surface area is 90.0 Å². The van der Waals surface area contributed by atoms with Gasteiger partial charge >= 0.3 is 0 Å². The van der Waals surface area contributed by atoms with E-state index in [4.69, 9.17) is 0 Å². The van der Waals surface area contributed by atoms with Gasteiger partial charge in [-0.15, -0.1) is 0 Å². The fourth-order valence-electron chi connectivity index (χ4n) is 2.62. The average Bonchev–Trinajstić information content (AvgIpc) is 2.74. The maximum absolute atomic E-state index is 4.48. The first-order chi connectivity index (χ1) is 7.45. The van der Waals surface area contributed by atoms with Crippen LogP contribution < -0.4 is 10.2 Å². The molecule has 1 aromatic heterocycles. The monoisotopic (exact) mass is 206 g/mol. The second kappa shape index (κ2) is 3.85. The van der Waals surface area contributed by atoms with E-state index in [2.05, 4.69) is 20.4 Å². The Balaban J connectivity index is 1.84. The summed E-state index contributed by atoms with van der Waals surface area (Å²) < 4.78 is 0. The van der Waals surface area contributed by atoms with Gasteiger partial charge in [-0.3, -0.25) is 5.10 Å². The summed E-state index contributed by atoms with van der Waals surface area (Å²) in [5, 5.41) is 11.1. The normalized spacial score (nSPS) is 21.5. The molecule has 0 bridgehead atoms. The number of nitrogens with one attached hydrogen (secondary N) is 2. The Morgan fingerprint density at radius 3 is 3.07 bits per heavy atom. The number of fused-ring (bicyclic) bond motifs is 1. The highest BCUT2D eigenvalue weighted by Crippen LogP contribution is 2.28. The molecule has 1 fully saturated rings. The number of nitrogens with zero attached hydrogens (tertiary/aromatic N) is 2. The van der Waals surface area contributed by atoms with E-state index in [0.717, 1.165) is 26.2 Å². The topological polar surface area (TPSA) is 44.0 Å². The first-order valence-electron chi connectivity index (χ1n) is 5.97. The Morgan fingerprint density at radius 1 is 1.07 bits per heavy atom. The molecular formula is C11H18N4. The molecular weight excluding hydrogens is 188 g/mol. The second-order valence-corrected chi connectivity index (χ2v) is 4.45. The van der Waals surface area contributed by atoms with Gasteiger partial charge in [0.15, 0.2) is 5.82 Å². The van der Waals surface area contributed by atoms with Crippen molar-refractivity contribution >= 4 is 5.82 Å². The van der Waals surface area contributed by atoms with Crippen LogP contribution in [-0.2, 0) is 12.8 Å². The number of aromatic nitrogens is 2. The molecule has 82 valence electrons. The molecule has 3 rings (SSSR count). The Hall–Kier alpha value is -1.03. The lowest BCUT2D eigenvalue weighted by molar-refractivity contribution is 0.724. The van der Waals surface area contributed by atoms with Crippen LogP contribution in [0, 0.1) is 0 Å². The van der Waals surface area contributed by atoms with E-state index < -0.39 is 0 Å². The summed E-state index contributed by atoms with van der Waals surface area (Å²) in [5.41, 5.74) is 2.86. The number of H-pyrrole nitrogens is 1. The number of anilines is 1. The zero-order valence-corrected chi connectivity index (χ0v) is 9.05. The third-order valence-corrected chi connectivity index (χ3v) is 3.42. The molecule has 0 atom stereocenters. The Morgan fingerprint density at radius 2 is 2.07 bits per heavy atom. The van der Waals surface area contributed by atoms with Gasteiger partial charge in [-0.2, -0.15) is 5.10 Å². The van der Waals surface area contributed by atoms with Crippen LogP contribution in [-0.4, -0.2) is 36.4 Å². The lowest BCUT2D eigenvalue weighted by Gasteiger charge is -2.20. The Kier molecular flexibility index (Phi) is 2.37. The van der Waals surface area contributed by atoms with Gasteiger partial charge < -0.3 is 10.2 Å². The third-order valence-electron chi connectivity index (χ3n) is 3.42. The average molecular weight is 206 g/mol. The van der Waals surface area contributed by atoms with Crippen LogP contribution in [0.25, 0.3) is 0 Å². The van der Waals surface area contributed by atoms with Gasteiger partial charge in [0.2, 0.25) is 0 Å². The number of hydrogen-bond donors (Lipinski definition) is 2. The number of aromatic amines is 1. The molecule has 0 aromatic carbocycles. The van der Waals surface area contributed by atoms with Crippen LogP contribution in [0.5, 0.6) is 0 Å². The third kappa shape index (κ3) is 1.63. The first-order valence-corrected chi connectivity index (χ1v) is 5.97. The molecule has 4 heteroatoms. The van der Waals surface area contributed by atoms with Gasteiger partial charge in [-0.1, -0.05) is 0 Å². The van der Waals surface area contributed by atoms with E-state index in [-0.39, 0.29) is 0 Å². The summed E-state index contributed by atoms with van der Waals surface area (Å²) in [7, 11) is 0. The maximum Gasteiger partial charge on any atom is 0.153 e. The van der Waals surface area contributed by atoms with Gasteiger partial charge in [-0.05, 0) is 32.2 Å². The van der Waals surface area contributed by atoms with Crippen molar-refractivity contribution < 1.29 is 0 Å². The van der Waals surface area contributed by atoms with Gasteiger partial charge in [0.1, 0.15) is 0 Å². The molecule has 15 heavy (non-hydrogen) atoms. The molecule has 0 saturated carbocycles. The summed E-state index contributed by atoms with van der Waals surface area (Å²) in [6, 6.07) is 0. The van der Waals surface area contributed by atoms with Crippen molar-refractivity contribution in [3.05, 3.63) is 11.3 Å². The number of aryl methyl sites for hydroxylation is 1. The lowest BCUT2D eigenvalue weighted by Crippen LogP contribution is -2.28. The molecule has 0 radical (unpaired) electrons. The molecule has 0 amide bonds. The van der Waals surface area contributed by atoms with Crippen molar-refractivity contribution in [2.75, 3.05) is 31.1 Å². The molecule has 2 aliphatic rings.